The lowest BCUT2D eigenvalue weighted by atomic mass is 10.4. The van der Waals surface area contributed by atoms with Crippen LogP contribution in [0.5, 0.6) is 0 Å². The highest BCUT2D eigenvalue weighted by molar-refractivity contribution is 4.60. The van der Waals surface area contributed by atoms with Crippen LogP contribution in [0.4, 0.5) is 0 Å². The molecule has 7 heteroatoms. The first-order valence-electron chi connectivity index (χ1n) is 5.53. The molecule has 0 radical (unpaired) electrons. The molecule has 1 saturated heterocycles. The van der Waals surface area contributed by atoms with Gasteiger partial charge in [-0.05, 0) is 0 Å². The van der Waals surface area contributed by atoms with Gasteiger partial charge >= 0.3 is 0 Å². The Balaban J connectivity index is 1.90. The van der Waals surface area contributed by atoms with Crippen LogP contribution in [-0.2, 0) is 14.4 Å². The summed E-state index contributed by atoms with van der Waals surface area (Å²) in [5.41, 5.74) is 2.80. The number of rotatable bonds is 8. The molecule has 0 bridgehead atoms. The van der Waals surface area contributed by atoms with Gasteiger partial charge in [0, 0.05) is 33.2 Å². The first kappa shape index (κ1) is 13.8. The van der Waals surface area contributed by atoms with E-state index in [0.717, 1.165) is 32.8 Å². The monoisotopic (exact) mass is 234 g/mol. The van der Waals surface area contributed by atoms with Crippen molar-refractivity contribution < 1.29 is 14.4 Å². The zero-order valence-electron chi connectivity index (χ0n) is 9.85. The molecule has 1 aliphatic rings. The van der Waals surface area contributed by atoms with Gasteiger partial charge in [0.2, 0.25) is 0 Å². The highest BCUT2D eigenvalue weighted by atomic mass is 16.7. The summed E-state index contributed by atoms with van der Waals surface area (Å²) < 4.78 is 5.26. The summed E-state index contributed by atoms with van der Waals surface area (Å²) >= 11 is 0. The van der Waals surface area contributed by atoms with Crippen LogP contribution in [0.1, 0.15) is 0 Å². The van der Waals surface area contributed by atoms with Gasteiger partial charge < -0.3 is 9.57 Å². The topological polar surface area (TPSA) is 72.2 Å². The van der Waals surface area contributed by atoms with Crippen LogP contribution in [-0.4, -0.2) is 69.6 Å². The van der Waals surface area contributed by atoms with E-state index in [2.05, 4.69) is 15.3 Å². The Morgan fingerprint density at radius 3 is 2.81 bits per heavy atom. The Bertz CT molecular complexity index is 167. The van der Waals surface area contributed by atoms with Gasteiger partial charge in [0.15, 0.2) is 0 Å². The van der Waals surface area contributed by atoms with E-state index in [9.17, 15) is 0 Å². The number of hydrogen-bond acceptors (Lipinski definition) is 7. The summed E-state index contributed by atoms with van der Waals surface area (Å²) in [7, 11) is 1.87. The second kappa shape index (κ2) is 8.82. The van der Waals surface area contributed by atoms with Gasteiger partial charge in [0.25, 0.3) is 0 Å². The van der Waals surface area contributed by atoms with E-state index in [1.807, 2.05) is 7.05 Å². The number of hydrogen-bond donors (Lipinski definition) is 2. The third-order valence-electron chi connectivity index (χ3n) is 2.38. The zero-order chi connectivity index (χ0) is 11.6. The summed E-state index contributed by atoms with van der Waals surface area (Å²) in [6.07, 6.45) is 0. The van der Waals surface area contributed by atoms with Gasteiger partial charge in [-0.1, -0.05) is 0 Å². The average Bonchev–Trinajstić information content (AvgIpc) is 2.33. The fraction of sp³-hybridized carbons (Fsp3) is 1.00. The van der Waals surface area contributed by atoms with Crippen molar-refractivity contribution >= 4 is 0 Å². The quantitative estimate of drug-likeness (QED) is 0.394. The molecule has 1 rings (SSSR count). The highest BCUT2D eigenvalue weighted by Crippen LogP contribution is 1.95. The Kier molecular flexibility index (Phi) is 7.60. The molecule has 0 amide bonds. The highest BCUT2D eigenvalue weighted by Gasteiger charge is 2.09. The van der Waals surface area contributed by atoms with Gasteiger partial charge in [0.1, 0.15) is 0 Å². The molecule has 1 aliphatic heterocycles. The maximum Gasteiger partial charge on any atom is 0.0825 e. The van der Waals surface area contributed by atoms with Crippen LogP contribution < -0.4 is 11.5 Å². The van der Waals surface area contributed by atoms with Crippen LogP contribution in [0.15, 0.2) is 0 Å². The average molecular weight is 234 g/mol. The molecule has 3 N–H and O–H groups in total. The Hall–Kier alpha value is -0.280. The van der Waals surface area contributed by atoms with E-state index in [-0.39, 0.29) is 0 Å². The SMILES string of the molecule is CN(CCON)NOCCN1CCOCC1. The molecule has 0 atom stereocenters. The Labute approximate surface area is 96.3 Å². The van der Waals surface area contributed by atoms with Crippen molar-refractivity contribution in [3.05, 3.63) is 0 Å². The molecular formula is C9H22N4O3. The summed E-state index contributed by atoms with van der Waals surface area (Å²) in [5.74, 6) is 4.92. The molecule has 0 aromatic heterocycles. The number of morpholine rings is 1. The lowest BCUT2D eigenvalue weighted by molar-refractivity contribution is -0.0876. The molecule has 16 heavy (non-hydrogen) atoms. The Morgan fingerprint density at radius 1 is 1.38 bits per heavy atom. The minimum Gasteiger partial charge on any atom is -0.379 e. The van der Waals surface area contributed by atoms with Crippen LogP contribution in [0.3, 0.4) is 0 Å². The normalized spacial score (nSPS) is 18.2. The molecule has 0 aromatic rings. The fourth-order valence-corrected chi connectivity index (χ4v) is 1.39. The largest absolute Gasteiger partial charge is 0.379 e. The molecule has 0 spiro atoms. The molecule has 96 valence electrons. The van der Waals surface area contributed by atoms with Crippen molar-refractivity contribution in [1.82, 2.24) is 15.5 Å². The van der Waals surface area contributed by atoms with Crippen molar-refractivity contribution in [2.24, 2.45) is 5.90 Å². The molecule has 0 aliphatic carbocycles. The second-order valence-electron chi connectivity index (χ2n) is 3.69. The first-order valence-corrected chi connectivity index (χ1v) is 5.53. The van der Waals surface area contributed by atoms with E-state index in [4.69, 9.17) is 15.5 Å². The van der Waals surface area contributed by atoms with Crippen molar-refractivity contribution in [3.8, 4) is 0 Å². The summed E-state index contributed by atoms with van der Waals surface area (Å²) in [6.45, 7) is 6.32. The van der Waals surface area contributed by atoms with E-state index < -0.39 is 0 Å². The lowest BCUT2D eigenvalue weighted by Gasteiger charge is -2.26. The standard InChI is InChI=1S/C9H22N4O3/c1-12(2-8-15-10)11-16-9-5-13-3-6-14-7-4-13/h11H,2-10H2,1H3. The summed E-state index contributed by atoms with van der Waals surface area (Å²) in [6, 6.07) is 0. The molecule has 1 fully saturated rings. The van der Waals surface area contributed by atoms with Gasteiger partial charge in [-0.15, -0.1) is 5.59 Å². The molecule has 0 aromatic carbocycles. The molecular weight excluding hydrogens is 212 g/mol. The van der Waals surface area contributed by atoms with Gasteiger partial charge in [-0.2, -0.15) is 0 Å². The number of hydrazine groups is 1. The van der Waals surface area contributed by atoms with Crippen LogP contribution in [0.25, 0.3) is 0 Å². The number of nitrogens with one attached hydrogen (secondary N) is 1. The van der Waals surface area contributed by atoms with Crippen LogP contribution >= 0.6 is 0 Å². The van der Waals surface area contributed by atoms with E-state index >= 15 is 0 Å². The van der Waals surface area contributed by atoms with Gasteiger partial charge in [-0.3, -0.25) is 9.74 Å². The first-order chi connectivity index (χ1) is 7.83. The Morgan fingerprint density at radius 2 is 2.12 bits per heavy atom. The lowest BCUT2D eigenvalue weighted by Crippen LogP contribution is -2.41. The fourth-order valence-electron chi connectivity index (χ4n) is 1.39. The van der Waals surface area contributed by atoms with Crippen molar-refractivity contribution in [1.29, 1.82) is 0 Å². The predicted molar refractivity (Wildman–Crippen MR) is 59.1 cm³/mol. The van der Waals surface area contributed by atoms with Crippen LogP contribution in [0.2, 0.25) is 0 Å². The van der Waals surface area contributed by atoms with E-state index in [1.54, 1.807) is 5.01 Å². The zero-order valence-corrected chi connectivity index (χ0v) is 9.85. The molecule has 0 unspecified atom stereocenters. The minimum atomic E-state index is 0.469. The molecule has 1 heterocycles. The summed E-state index contributed by atoms with van der Waals surface area (Å²) in [5, 5.41) is 1.78. The van der Waals surface area contributed by atoms with Crippen molar-refractivity contribution in [2.75, 3.05) is 59.7 Å². The van der Waals surface area contributed by atoms with Gasteiger partial charge in [0.05, 0.1) is 26.4 Å². The van der Waals surface area contributed by atoms with E-state index in [1.165, 1.54) is 0 Å². The van der Waals surface area contributed by atoms with E-state index in [0.29, 0.717) is 19.8 Å². The maximum absolute atomic E-state index is 5.29. The molecule has 7 nitrogen and oxygen atoms in total. The smallest absolute Gasteiger partial charge is 0.0825 e. The maximum atomic E-state index is 5.29. The number of nitrogens with two attached hydrogens (primary N) is 1. The number of nitrogens with zero attached hydrogens (tertiary/aromatic N) is 2. The molecule has 0 saturated carbocycles. The summed E-state index contributed by atoms with van der Waals surface area (Å²) in [4.78, 5) is 12.1. The van der Waals surface area contributed by atoms with Crippen LogP contribution in [0, 0.1) is 0 Å². The number of likely N-dealkylation sites (N-methyl/N-ethyl adjacent to an activating group) is 1. The van der Waals surface area contributed by atoms with Crippen molar-refractivity contribution in [3.63, 3.8) is 0 Å². The third-order valence-corrected chi connectivity index (χ3v) is 2.38. The predicted octanol–water partition coefficient (Wildman–Crippen LogP) is -1.42. The minimum absolute atomic E-state index is 0.469. The van der Waals surface area contributed by atoms with Gasteiger partial charge in [-0.25, -0.2) is 10.9 Å². The van der Waals surface area contributed by atoms with Crippen molar-refractivity contribution in [2.45, 2.75) is 0 Å². The third kappa shape index (κ3) is 6.33. The number of ether oxygens (including phenoxy) is 1. The second-order valence-corrected chi connectivity index (χ2v) is 3.69.